The molecular weight excluding hydrogens is 297 g/mol. The quantitative estimate of drug-likeness (QED) is 0.830. The second-order valence-corrected chi connectivity index (χ2v) is 4.79. The molecule has 0 unspecified atom stereocenters. The van der Waals surface area contributed by atoms with Gasteiger partial charge in [0.2, 0.25) is 0 Å². The van der Waals surface area contributed by atoms with Gasteiger partial charge in [-0.2, -0.15) is 5.26 Å². The maximum absolute atomic E-state index is 12.1. The maximum Gasteiger partial charge on any atom is 0.255 e. The van der Waals surface area contributed by atoms with Crippen LogP contribution in [-0.4, -0.2) is 5.91 Å². The Morgan fingerprint density at radius 2 is 2.00 bits per heavy atom. The molecule has 6 heteroatoms. The van der Waals surface area contributed by atoms with Gasteiger partial charge >= 0.3 is 0 Å². The van der Waals surface area contributed by atoms with Crippen molar-refractivity contribution in [3.8, 4) is 6.07 Å². The van der Waals surface area contributed by atoms with Crippen LogP contribution >= 0.6 is 23.2 Å². The van der Waals surface area contributed by atoms with E-state index in [0.717, 1.165) is 0 Å². The lowest BCUT2D eigenvalue weighted by Gasteiger charge is -2.08. The molecule has 0 saturated heterocycles. The predicted octanol–water partition coefficient (Wildman–Crippen LogP) is 3.70. The molecule has 1 amide bonds. The summed E-state index contributed by atoms with van der Waals surface area (Å²) in [4.78, 5) is 12.1. The number of nitrogens with one attached hydrogen (secondary N) is 1. The Bertz CT molecular complexity index is 700. The highest BCUT2D eigenvalue weighted by atomic mass is 35.5. The van der Waals surface area contributed by atoms with E-state index < -0.39 is 0 Å². The number of carbonyl (C=O) groups excluding carboxylic acids is 1. The molecule has 0 atom stereocenters. The van der Waals surface area contributed by atoms with Crippen molar-refractivity contribution in [2.75, 3.05) is 11.1 Å². The van der Waals surface area contributed by atoms with Gasteiger partial charge in [0.1, 0.15) is 0 Å². The number of carbonyl (C=O) groups is 1. The smallest absolute Gasteiger partial charge is 0.255 e. The fourth-order valence-electron chi connectivity index (χ4n) is 1.61. The Kier molecular flexibility index (Phi) is 4.14. The Labute approximate surface area is 125 Å². The number of anilines is 2. The molecule has 0 aromatic heterocycles. The van der Waals surface area contributed by atoms with Crippen LogP contribution in [0.3, 0.4) is 0 Å². The number of hydrogen-bond donors (Lipinski definition) is 2. The summed E-state index contributed by atoms with van der Waals surface area (Å²) in [6, 6.07) is 11.4. The van der Waals surface area contributed by atoms with E-state index in [1.54, 1.807) is 24.3 Å². The van der Waals surface area contributed by atoms with Crippen molar-refractivity contribution in [2.24, 2.45) is 0 Å². The first-order valence-electron chi connectivity index (χ1n) is 5.57. The number of nitriles is 1. The van der Waals surface area contributed by atoms with Crippen LogP contribution in [0.4, 0.5) is 11.4 Å². The van der Waals surface area contributed by atoms with Gasteiger partial charge in [0.15, 0.2) is 0 Å². The minimum atomic E-state index is -0.384. The van der Waals surface area contributed by atoms with Crippen molar-refractivity contribution >= 4 is 40.5 Å². The number of benzene rings is 2. The van der Waals surface area contributed by atoms with E-state index in [1.807, 2.05) is 6.07 Å². The fourth-order valence-corrected chi connectivity index (χ4v) is 1.95. The van der Waals surface area contributed by atoms with Crippen LogP contribution in [0.25, 0.3) is 0 Å². The van der Waals surface area contributed by atoms with Gasteiger partial charge in [0.25, 0.3) is 5.91 Å². The molecule has 20 heavy (non-hydrogen) atoms. The molecule has 0 spiro atoms. The number of nitrogens with two attached hydrogens (primary N) is 1. The number of nitrogen functional groups attached to an aromatic ring is 1. The molecular formula is C14H9Cl2N3O. The lowest BCUT2D eigenvalue weighted by molar-refractivity contribution is 0.102. The van der Waals surface area contributed by atoms with Crippen LogP contribution in [0.2, 0.25) is 10.0 Å². The lowest BCUT2D eigenvalue weighted by Crippen LogP contribution is -2.12. The van der Waals surface area contributed by atoms with Gasteiger partial charge in [0, 0.05) is 11.3 Å². The van der Waals surface area contributed by atoms with Crippen LogP contribution in [0.1, 0.15) is 15.9 Å². The maximum atomic E-state index is 12.1. The summed E-state index contributed by atoms with van der Waals surface area (Å²) in [5.41, 5.74) is 7.15. The zero-order valence-electron chi connectivity index (χ0n) is 10.2. The first-order valence-corrected chi connectivity index (χ1v) is 6.33. The van der Waals surface area contributed by atoms with Crippen molar-refractivity contribution in [1.29, 1.82) is 5.26 Å². The van der Waals surface area contributed by atoms with Gasteiger partial charge in [-0.05, 0) is 30.3 Å². The minimum Gasteiger partial charge on any atom is -0.397 e. The second kappa shape index (κ2) is 5.83. The van der Waals surface area contributed by atoms with Crippen LogP contribution < -0.4 is 11.1 Å². The Hall–Kier alpha value is -2.22. The molecule has 4 nitrogen and oxygen atoms in total. The Balaban J connectivity index is 2.26. The topological polar surface area (TPSA) is 78.9 Å². The van der Waals surface area contributed by atoms with Gasteiger partial charge in [-0.15, -0.1) is 0 Å². The van der Waals surface area contributed by atoms with E-state index in [9.17, 15) is 4.79 Å². The summed E-state index contributed by atoms with van der Waals surface area (Å²) in [6.07, 6.45) is 0. The summed E-state index contributed by atoms with van der Waals surface area (Å²) in [5.74, 6) is -0.384. The summed E-state index contributed by atoms with van der Waals surface area (Å²) in [7, 11) is 0. The third-order valence-corrected chi connectivity index (χ3v) is 3.38. The molecule has 2 aromatic rings. The van der Waals surface area contributed by atoms with Crippen LogP contribution in [0.5, 0.6) is 0 Å². The predicted molar refractivity (Wildman–Crippen MR) is 80.0 cm³/mol. The molecule has 3 N–H and O–H groups in total. The van der Waals surface area contributed by atoms with Gasteiger partial charge in [0.05, 0.1) is 27.4 Å². The zero-order valence-corrected chi connectivity index (χ0v) is 11.7. The highest BCUT2D eigenvalue weighted by molar-refractivity contribution is 6.44. The Morgan fingerprint density at radius 1 is 1.25 bits per heavy atom. The standard InChI is InChI=1S/C14H9Cl2N3O/c15-11-5-9(6-12(18)13(11)16)14(20)19-10-3-1-2-8(4-10)7-17/h1-6H,18H2,(H,19,20). The third-order valence-electron chi connectivity index (χ3n) is 2.57. The molecule has 0 aliphatic heterocycles. The number of rotatable bonds is 2. The lowest BCUT2D eigenvalue weighted by atomic mass is 10.1. The van der Waals surface area contributed by atoms with Crippen molar-refractivity contribution in [3.05, 3.63) is 57.6 Å². The molecule has 0 fully saturated rings. The van der Waals surface area contributed by atoms with Crippen molar-refractivity contribution in [3.63, 3.8) is 0 Å². The molecule has 2 aromatic carbocycles. The van der Waals surface area contributed by atoms with Crippen molar-refractivity contribution in [1.82, 2.24) is 0 Å². The monoisotopic (exact) mass is 305 g/mol. The van der Waals surface area contributed by atoms with Crippen LogP contribution in [0, 0.1) is 11.3 Å². The third kappa shape index (κ3) is 3.02. The molecule has 0 aliphatic carbocycles. The average Bonchev–Trinajstić information content (AvgIpc) is 2.44. The van der Waals surface area contributed by atoms with Crippen molar-refractivity contribution < 1.29 is 4.79 Å². The first-order chi connectivity index (χ1) is 9.51. The molecule has 2 rings (SSSR count). The first kappa shape index (κ1) is 14.2. The van der Waals surface area contributed by atoms with Crippen LogP contribution in [-0.2, 0) is 0 Å². The number of halogens is 2. The summed E-state index contributed by atoms with van der Waals surface area (Å²) in [5, 5.41) is 11.9. The normalized spacial score (nSPS) is 9.85. The highest BCUT2D eigenvalue weighted by Gasteiger charge is 2.11. The summed E-state index contributed by atoms with van der Waals surface area (Å²) in [6.45, 7) is 0. The number of hydrogen-bond acceptors (Lipinski definition) is 3. The van der Waals surface area contributed by atoms with E-state index >= 15 is 0 Å². The molecule has 0 saturated carbocycles. The fraction of sp³-hybridized carbons (Fsp3) is 0. The van der Waals surface area contributed by atoms with E-state index in [0.29, 0.717) is 16.8 Å². The SMILES string of the molecule is N#Cc1cccc(NC(=O)c2cc(N)c(Cl)c(Cl)c2)c1. The van der Waals surface area contributed by atoms with Gasteiger partial charge in [-0.3, -0.25) is 4.79 Å². The van der Waals surface area contributed by atoms with Gasteiger partial charge in [-0.1, -0.05) is 29.3 Å². The van der Waals surface area contributed by atoms with Crippen LogP contribution in [0.15, 0.2) is 36.4 Å². The summed E-state index contributed by atoms with van der Waals surface area (Å²) < 4.78 is 0. The van der Waals surface area contributed by atoms with Gasteiger partial charge < -0.3 is 11.1 Å². The average molecular weight is 306 g/mol. The minimum absolute atomic E-state index is 0.211. The molecule has 0 bridgehead atoms. The van der Waals surface area contributed by atoms with Crippen molar-refractivity contribution in [2.45, 2.75) is 0 Å². The Morgan fingerprint density at radius 3 is 2.65 bits per heavy atom. The largest absolute Gasteiger partial charge is 0.397 e. The van der Waals surface area contributed by atoms with Gasteiger partial charge in [-0.25, -0.2) is 0 Å². The molecule has 0 heterocycles. The van der Waals surface area contributed by atoms with E-state index in [2.05, 4.69) is 5.32 Å². The van der Waals surface area contributed by atoms with E-state index in [1.165, 1.54) is 12.1 Å². The zero-order chi connectivity index (χ0) is 14.7. The van der Waals surface area contributed by atoms with E-state index in [-0.39, 0.29) is 21.6 Å². The number of amides is 1. The van der Waals surface area contributed by atoms with E-state index in [4.69, 9.17) is 34.2 Å². The number of nitrogens with zero attached hydrogens (tertiary/aromatic N) is 1. The molecule has 0 radical (unpaired) electrons. The second-order valence-electron chi connectivity index (χ2n) is 4.01. The summed E-state index contributed by atoms with van der Waals surface area (Å²) >= 11 is 11.7. The highest BCUT2D eigenvalue weighted by Crippen LogP contribution is 2.29. The molecule has 0 aliphatic rings. The molecule has 100 valence electrons.